The SMILES string of the molecule is OC(c1cnc2ccccc2c1)c1ccc(F)cc1F. The molecule has 3 aromatic rings. The van der Waals surface area contributed by atoms with E-state index in [0.29, 0.717) is 5.56 Å². The van der Waals surface area contributed by atoms with Crippen LogP contribution in [0.15, 0.2) is 54.7 Å². The lowest BCUT2D eigenvalue weighted by atomic mass is 10.0. The number of aliphatic hydroxyl groups excluding tert-OH is 1. The third-order valence-electron chi connectivity index (χ3n) is 3.18. The zero-order valence-electron chi connectivity index (χ0n) is 10.4. The molecule has 1 unspecified atom stereocenters. The second-order valence-electron chi connectivity index (χ2n) is 4.53. The summed E-state index contributed by atoms with van der Waals surface area (Å²) < 4.78 is 26.6. The van der Waals surface area contributed by atoms with Crippen LogP contribution in [0.1, 0.15) is 17.2 Å². The van der Waals surface area contributed by atoms with Crippen molar-refractivity contribution in [2.45, 2.75) is 6.10 Å². The van der Waals surface area contributed by atoms with Gasteiger partial charge in [-0.2, -0.15) is 0 Å². The van der Waals surface area contributed by atoms with Gasteiger partial charge in [0.1, 0.15) is 17.7 Å². The van der Waals surface area contributed by atoms with E-state index in [-0.39, 0.29) is 5.56 Å². The van der Waals surface area contributed by atoms with Gasteiger partial charge in [0, 0.05) is 28.8 Å². The van der Waals surface area contributed by atoms with E-state index in [1.165, 1.54) is 12.3 Å². The predicted molar refractivity (Wildman–Crippen MR) is 72.2 cm³/mol. The van der Waals surface area contributed by atoms with Crippen molar-refractivity contribution in [1.82, 2.24) is 4.98 Å². The van der Waals surface area contributed by atoms with Crippen molar-refractivity contribution in [2.75, 3.05) is 0 Å². The molecule has 0 bridgehead atoms. The normalized spacial score (nSPS) is 12.6. The number of para-hydroxylation sites is 1. The number of aliphatic hydroxyl groups is 1. The Labute approximate surface area is 114 Å². The van der Waals surface area contributed by atoms with E-state index in [9.17, 15) is 13.9 Å². The highest BCUT2D eigenvalue weighted by atomic mass is 19.1. The van der Waals surface area contributed by atoms with Crippen LogP contribution in [0.5, 0.6) is 0 Å². The monoisotopic (exact) mass is 271 g/mol. The van der Waals surface area contributed by atoms with Crippen LogP contribution in [0.4, 0.5) is 8.78 Å². The fourth-order valence-corrected chi connectivity index (χ4v) is 2.14. The van der Waals surface area contributed by atoms with Gasteiger partial charge in [-0.25, -0.2) is 8.78 Å². The lowest BCUT2D eigenvalue weighted by Crippen LogP contribution is -2.03. The number of pyridine rings is 1. The summed E-state index contributed by atoms with van der Waals surface area (Å²) >= 11 is 0. The molecule has 1 N–H and O–H groups in total. The number of rotatable bonds is 2. The minimum Gasteiger partial charge on any atom is -0.383 e. The Balaban J connectivity index is 2.05. The van der Waals surface area contributed by atoms with Gasteiger partial charge >= 0.3 is 0 Å². The molecule has 0 aliphatic carbocycles. The van der Waals surface area contributed by atoms with Crippen LogP contribution in [0.2, 0.25) is 0 Å². The molecule has 100 valence electrons. The number of hydrogen-bond acceptors (Lipinski definition) is 2. The van der Waals surface area contributed by atoms with Crippen LogP contribution in [0.3, 0.4) is 0 Å². The lowest BCUT2D eigenvalue weighted by Gasteiger charge is -2.12. The number of nitrogens with zero attached hydrogens (tertiary/aromatic N) is 1. The fraction of sp³-hybridized carbons (Fsp3) is 0.0625. The summed E-state index contributed by atoms with van der Waals surface area (Å²) in [6.07, 6.45) is 0.322. The minimum absolute atomic E-state index is 0.0310. The van der Waals surface area contributed by atoms with Gasteiger partial charge in [0.05, 0.1) is 5.52 Å². The van der Waals surface area contributed by atoms with E-state index < -0.39 is 17.7 Å². The van der Waals surface area contributed by atoms with Gasteiger partial charge in [-0.3, -0.25) is 4.98 Å². The molecule has 1 atom stereocenters. The van der Waals surface area contributed by atoms with Gasteiger partial charge in [-0.15, -0.1) is 0 Å². The maximum absolute atomic E-state index is 13.7. The Morgan fingerprint density at radius 1 is 1.00 bits per heavy atom. The van der Waals surface area contributed by atoms with Crippen LogP contribution in [-0.2, 0) is 0 Å². The predicted octanol–water partition coefficient (Wildman–Crippen LogP) is 3.59. The largest absolute Gasteiger partial charge is 0.383 e. The smallest absolute Gasteiger partial charge is 0.132 e. The molecule has 1 aromatic heterocycles. The molecule has 0 fully saturated rings. The second-order valence-corrected chi connectivity index (χ2v) is 4.53. The average molecular weight is 271 g/mol. The molecule has 20 heavy (non-hydrogen) atoms. The van der Waals surface area contributed by atoms with Gasteiger partial charge in [-0.05, 0) is 18.2 Å². The molecule has 0 saturated heterocycles. The maximum Gasteiger partial charge on any atom is 0.132 e. The molecule has 1 heterocycles. The number of fused-ring (bicyclic) bond motifs is 1. The molecule has 0 spiro atoms. The first kappa shape index (κ1) is 12.7. The van der Waals surface area contributed by atoms with E-state index >= 15 is 0 Å². The molecular formula is C16H11F2NO. The molecule has 0 aliphatic rings. The number of hydrogen-bond donors (Lipinski definition) is 1. The van der Waals surface area contributed by atoms with Gasteiger partial charge < -0.3 is 5.11 Å². The van der Waals surface area contributed by atoms with Crippen LogP contribution in [-0.4, -0.2) is 10.1 Å². The van der Waals surface area contributed by atoms with E-state index in [4.69, 9.17) is 0 Å². The standard InChI is InChI=1S/C16H11F2NO/c17-12-5-6-13(14(18)8-12)16(20)11-7-10-3-1-2-4-15(10)19-9-11/h1-9,16,20H. The first-order valence-electron chi connectivity index (χ1n) is 6.13. The molecule has 0 radical (unpaired) electrons. The fourth-order valence-electron chi connectivity index (χ4n) is 2.14. The van der Waals surface area contributed by atoms with E-state index in [2.05, 4.69) is 4.98 Å². The van der Waals surface area contributed by atoms with Gasteiger partial charge in [0.2, 0.25) is 0 Å². The molecule has 4 heteroatoms. The zero-order valence-corrected chi connectivity index (χ0v) is 10.4. The van der Waals surface area contributed by atoms with Crippen LogP contribution in [0, 0.1) is 11.6 Å². The maximum atomic E-state index is 13.7. The van der Waals surface area contributed by atoms with Crippen molar-refractivity contribution in [2.24, 2.45) is 0 Å². The first-order valence-corrected chi connectivity index (χ1v) is 6.13. The quantitative estimate of drug-likeness (QED) is 0.772. The highest BCUT2D eigenvalue weighted by Crippen LogP contribution is 2.26. The van der Waals surface area contributed by atoms with Crippen molar-refractivity contribution in [1.29, 1.82) is 0 Å². The molecule has 2 aromatic carbocycles. The van der Waals surface area contributed by atoms with Crippen LogP contribution >= 0.6 is 0 Å². The highest BCUT2D eigenvalue weighted by Gasteiger charge is 2.16. The zero-order chi connectivity index (χ0) is 14.1. The van der Waals surface area contributed by atoms with E-state index in [1.807, 2.05) is 24.3 Å². The lowest BCUT2D eigenvalue weighted by molar-refractivity contribution is 0.214. The molecule has 0 amide bonds. The number of aromatic nitrogens is 1. The van der Waals surface area contributed by atoms with Crippen LogP contribution in [0.25, 0.3) is 10.9 Å². The van der Waals surface area contributed by atoms with Crippen molar-refractivity contribution in [3.63, 3.8) is 0 Å². The highest BCUT2D eigenvalue weighted by molar-refractivity contribution is 5.78. The van der Waals surface area contributed by atoms with Crippen molar-refractivity contribution in [3.8, 4) is 0 Å². The summed E-state index contributed by atoms with van der Waals surface area (Å²) in [6.45, 7) is 0. The molecule has 2 nitrogen and oxygen atoms in total. The summed E-state index contributed by atoms with van der Waals surface area (Å²) in [5.41, 5.74) is 1.29. The average Bonchev–Trinajstić information content (AvgIpc) is 2.46. The Bertz CT molecular complexity index is 773. The topological polar surface area (TPSA) is 33.1 Å². The Morgan fingerprint density at radius 2 is 1.80 bits per heavy atom. The second kappa shape index (κ2) is 4.98. The molecule has 0 aliphatic heterocycles. The number of halogens is 2. The van der Waals surface area contributed by atoms with Gasteiger partial charge in [0.25, 0.3) is 0 Å². The Kier molecular flexibility index (Phi) is 3.16. The molecular weight excluding hydrogens is 260 g/mol. The van der Waals surface area contributed by atoms with Crippen molar-refractivity contribution in [3.05, 3.63) is 77.5 Å². The van der Waals surface area contributed by atoms with Crippen molar-refractivity contribution < 1.29 is 13.9 Å². The number of benzene rings is 2. The van der Waals surface area contributed by atoms with E-state index in [0.717, 1.165) is 23.0 Å². The van der Waals surface area contributed by atoms with Crippen LogP contribution < -0.4 is 0 Å². The summed E-state index contributed by atoms with van der Waals surface area (Å²) in [5, 5.41) is 11.1. The Hall–Kier alpha value is -2.33. The summed E-state index contributed by atoms with van der Waals surface area (Å²) in [4.78, 5) is 4.22. The summed E-state index contributed by atoms with van der Waals surface area (Å²) in [5.74, 6) is -1.44. The third kappa shape index (κ3) is 2.26. The summed E-state index contributed by atoms with van der Waals surface area (Å²) in [7, 11) is 0. The first-order chi connectivity index (χ1) is 9.65. The Morgan fingerprint density at radius 3 is 2.60 bits per heavy atom. The molecule has 3 rings (SSSR count). The van der Waals surface area contributed by atoms with E-state index in [1.54, 1.807) is 6.07 Å². The third-order valence-corrected chi connectivity index (χ3v) is 3.18. The summed E-state index contributed by atoms with van der Waals surface area (Å²) in [6, 6.07) is 12.3. The minimum atomic E-state index is -1.17. The van der Waals surface area contributed by atoms with Gasteiger partial charge in [0.15, 0.2) is 0 Å². The van der Waals surface area contributed by atoms with Gasteiger partial charge in [-0.1, -0.05) is 24.3 Å². The molecule has 0 saturated carbocycles. The van der Waals surface area contributed by atoms with Crippen molar-refractivity contribution >= 4 is 10.9 Å².